The van der Waals surface area contributed by atoms with Gasteiger partial charge >= 0.3 is 0 Å². The summed E-state index contributed by atoms with van der Waals surface area (Å²) in [5.74, 6) is 0. The van der Waals surface area contributed by atoms with Gasteiger partial charge in [0.25, 0.3) is 0 Å². The average molecular weight is 653 g/mol. The van der Waals surface area contributed by atoms with E-state index in [1.165, 1.54) is 15.6 Å². The van der Waals surface area contributed by atoms with Gasteiger partial charge in [-0.1, -0.05) is 121 Å². The summed E-state index contributed by atoms with van der Waals surface area (Å²) >= 11 is 0. The van der Waals surface area contributed by atoms with Crippen molar-refractivity contribution in [1.29, 1.82) is 15.8 Å². The van der Waals surface area contributed by atoms with Crippen LogP contribution in [-0.2, 0) is 0 Å². The van der Waals surface area contributed by atoms with E-state index in [9.17, 15) is 15.8 Å². The van der Waals surface area contributed by atoms with Crippen molar-refractivity contribution in [2.24, 2.45) is 0 Å². The zero-order valence-corrected chi connectivity index (χ0v) is 28.0. The molecule has 8 aromatic rings. The Morgan fingerprint density at radius 1 is 0.440 bits per heavy atom. The summed E-state index contributed by atoms with van der Waals surface area (Å²) in [6.45, 7) is 0. The molecule has 1 aromatic heterocycles. The molecule has 0 N–H and O–H groups in total. The minimum atomic E-state index is -2.93. The van der Waals surface area contributed by atoms with Gasteiger partial charge in [-0.15, -0.1) is 0 Å². The molecule has 0 aliphatic carbocycles. The molecule has 0 atom stereocenters. The molecule has 0 saturated heterocycles. The molecule has 0 saturated carbocycles. The summed E-state index contributed by atoms with van der Waals surface area (Å²) in [5, 5.41) is 36.8. The zero-order chi connectivity index (χ0) is 34.1. The first-order valence-corrected chi connectivity index (χ1v) is 18.4. The molecule has 0 bridgehead atoms. The number of aromatic nitrogens is 1. The number of hydrogen-bond acceptors (Lipinski definition) is 3. The van der Waals surface area contributed by atoms with Crippen molar-refractivity contribution in [3.8, 4) is 35.0 Å². The average Bonchev–Trinajstić information content (AvgIpc) is 3.52. The molecule has 0 radical (unpaired) electrons. The Morgan fingerprint density at radius 3 is 1.36 bits per heavy atom. The lowest BCUT2D eigenvalue weighted by molar-refractivity contribution is 1.18. The third kappa shape index (κ3) is 4.80. The van der Waals surface area contributed by atoms with Crippen LogP contribution < -0.4 is 20.7 Å². The Morgan fingerprint density at radius 2 is 0.920 bits per heavy atom. The number of nitrogens with zero attached hydrogens (tertiary/aromatic N) is 4. The summed E-state index contributed by atoms with van der Waals surface area (Å²) in [4.78, 5) is 0. The molecule has 232 valence electrons. The minimum absolute atomic E-state index is 0.569. The third-order valence-electron chi connectivity index (χ3n) is 9.66. The van der Waals surface area contributed by atoms with E-state index in [4.69, 9.17) is 0 Å². The van der Waals surface area contributed by atoms with E-state index in [1.54, 1.807) is 0 Å². The summed E-state index contributed by atoms with van der Waals surface area (Å²) in [5.41, 5.74) is 6.49. The molecule has 0 aliphatic rings. The Hall–Kier alpha value is -6.97. The Kier molecular flexibility index (Phi) is 7.63. The predicted octanol–water partition coefficient (Wildman–Crippen LogP) is 7.44. The summed E-state index contributed by atoms with van der Waals surface area (Å²) < 4.78 is 2.16. The fraction of sp³-hybridized carbons (Fsp3) is 0. The van der Waals surface area contributed by atoms with Gasteiger partial charge in [0.2, 0.25) is 0 Å². The van der Waals surface area contributed by atoms with Gasteiger partial charge in [-0.25, -0.2) is 0 Å². The largest absolute Gasteiger partial charge is 0.309 e. The lowest BCUT2D eigenvalue weighted by atomic mass is 10.00. The summed E-state index contributed by atoms with van der Waals surface area (Å²) in [6, 6.07) is 65.0. The Bertz CT molecular complexity index is 2490. The number of benzene rings is 7. The molecule has 1 heterocycles. The molecule has 0 fully saturated rings. The van der Waals surface area contributed by atoms with Crippen molar-refractivity contribution in [3.05, 3.63) is 187 Å². The van der Waals surface area contributed by atoms with Gasteiger partial charge in [0.15, 0.2) is 8.07 Å². The van der Waals surface area contributed by atoms with Crippen molar-refractivity contribution in [2.45, 2.75) is 0 Å². The highest BCUT2D eigenvalue weighted by molar-refractivity contribution is 7.20. The predicted molar refractivity (Wildman–Crippen MR) is 204 cm³/mol. The topological polar surface area (TPSA) is 76.3 Å². The zero-order valence-electron chi connectivity index (χ0n) is 27.0. The maximum absolute atomic E-state index is 11.0. The van der Waals surface area contributed by atoms with Crippen LogP contribution in [0, 0.1) is 34.0 Å². The first-order valence-electron chi connectivity index (χ1n) is 16.4. The smallest absolute Gasteiger partial charge is 0.180 e. The van der Waals surface area contributed by atoms with E-state index in [1.807, 2.05) is 60.7 Å². The normalized spacial score (nSPS) is 11.1. The SMILES string of the molecule is N#Cc1ccc2c(c1)c1cc(C#N)ccc1n2-c1ccc(-c2cccc([Si](c3ccccc3)(c3ccccc3)c3ccccc3)c2C#N)cc1. The van der Waals surface area contributed by atoms with Crippen LogP contribution in [0.25, 0.3) is 38.6 Å². The van der Waals surface area contributed by atoms with Crippen molar-refractivity contribution in [2.75, 3.05) is 0 Å². The van der Waals surface area contributed by atoms with Crippen LogP contribution in [0.5, 0.6) is 0 Å². The van der Waals surface area contributed by atoms with Crippen molar-refractivity contribution < 1.29 is 0 Å². The molecule has 0 unspecified atom stereocenters. The second-order valence-corrected chi connectivity index (χ2v) is 16.0. The minimum Gasteiger partial charge on any atom is -0.309 e. The molecule has 8 rings (SSSR count). The number of nitriles is 3. The molecule has 4 nitrogen and oxygen atoms in total. The van der Waals surface area contributed by atoms with Gasteiger partial charge in [0.1, 0.15) is 0 Å². The van der Waals surface area contributed by atoms with Gasteiger partial charge in [-0.3, -0.25) is 0 Å². The van der Waals surface area contributed by atoms with E-state index < -0.39 is 8.07 Å². The number of fused-ring (bicyclic) bond motifs is 3. The molecular weight excluding hydrogens is 625 g/mol. The third-order valence-corrected chi connectivity index (χ3v) is 14.5. The van der Waals surface area contributed by atoms with Crippen LogP contribution in [0.4, 0.5) is 0 Å². The van der Waals surface area contributed by atoms with E-state index in [0.717, 1.165) is 43.8 Å². The highest BCUT2D eigenvalue weighted by Crippen LogP contribution is 2.34. The van der Waals surface area contributed by atoms with Crippen LogP contribution in [-0.4, -0.2) is 12.6 Å². The lowest BCUT2D eigenvalue weighted by Crippen LogP contribution is -2.75. The van der Waals surface area contributed by atoms with Gasteiger partial charge in [-0.05, 0) is 80.4 Å². The molecule has 0 spiro atoms. The fourth-order valence-electron chi connectivity index (χ4n) is 7.49. The van der Waals surface area contributed by atoms with Crippen LogP contribution >= 0.6 is 0 Å². The highest BCUT2D eigenvalue weighted by atomic mass is 28.3. The van der Waals surface area contributed by atoms with E-state index in [0.29, 0.717) is 16.7 Å². The first-order chi connectivity index (χ1) is 24.7. The molecule has 5 heteroatoms. The summed E-state index contributed by atoms with van der Waals surface area (Å²) in [7, 11) is -2.93. The maximum Gasteiger partial charge on any atom is 0.180 e. The van der Waals surface area contributed by atoms with Gasteiger partial charge in [0.05, 0.1) is 45.9 Å². The van der Waals surface area contributed by atoms with Crippen LogP contribution in [0.1, 0.15) is 16.7 Å². The van der Waals surface area contributed by atoms with E-state index >= 15 is 0 Å². The Labute approximate surface area is 291 Å². The standard InChI is InChI=1S/C45H28N4Si/c46-29-32-19-25-43-40(27-32)41-28-33(30-47)20-26-44(41)49(43)35-23-21-34(22-24-35)39-17-10-18-45(42(39)31-48)50(36-11-4-1-5-12-36,37-13-6-2-7-14-37)38-15-8-3-9-16-38/h1-28H. The lowest BCUT2D eigenvalue weighted by Gasteiger charge is -2.35. The monoisotopic (exact) mass is 652 g/mol. The second kappa shape index (κ2) is 12.6. The maximum atomic E-state index is 11.0. The Balaban J connectivity index is 1.33. The molecule has 0 aliphatic heterocycles. The number of hydrogen-bond donors (Lipinski definition) is 0. The van der Waals surface area contributed by atoms with Gasteiger partial charge in [0, 0.05) is 16.5 Å². The quantitative estimate of drug-likeness (QED) is 0.138. The van der Waals surface area contributed by atoms with Crippen LogP contribution in [0.15, 0.2) is 170 Å². The van der Waals surface area contributed by atoms with E-state index in [-0.39, 0.29) is 0 Å². The van der Waals surface area contributed by atoms with Crippen LogP contribution in [0.3, 0.4) is 0 Å². The molecule has 50 heavy (non-hydrogen) atoms. The molecular formula is C45H28N4Si. The molecule has 7 aromatic carbocycles. The molecule has 0 amide bonds. The van der Waals surface area contributed by atoms with E-state index in [2.05, 4.69) is 132 Å². The second-order valence-electron chi connectivity index (χ2n) is 12.3. The first kappa shape index (κ1) is 30.4. The van der Waals surface area contributed by atoms with Crippen molar-refractivity contribution in [3.63, 3.8) is 0 Å². The fourth-order valence-corrected chi connectivity index (χ4v) is 12.4. The van der Waals surface area contributed by atoms with Crippen LogP contribution in [0.2, 0.25) is 0 Å². The summed E-state index contributed by atoms with van der Waals surface area (Å²) in [6.07, 6.45) is 0. The van der Waals surface area contributed by atoms with Gasteiger partial charge in [-0.2, -0.15) is 15.8 Å². The highest BCUT2D eigenvalue weighted by Gasteiger charge is 2.43. The van der Waals surface area contributed by atoms with Gasteiger partial charge < -0.3 is 4.57 Å². The van der Waals surface area contributed by atoms with Crippen molar-refractivity contribution in [1.82, 2.24) is 4.57 Å². The number of rotatable bonds is 6. The van der Waals surface area contributed by atoms with Crippen molar-refractivity contribution >= 4 is 50.6 Å².